The van der Waals surface area contributed by atoms with Crippen molar-refractivity contribution in [3.05, 3.63) is 0 Å². The lowest BCUT2D eigenvalue weighted by Crippen LogP contribution is -2.64. The molecule has 0 spiro atoms. The number of carbonyl (C=O) groups excluding carboxylic acids is 1. The number of hydrogen-bond donors (Lipinski definition) is 5. The van der Waals surface area contributed by atoms with Crippen LogP contribution in [0.1, 0.15) is 0 Å². The molecule has 0 bridgehead atoms. The monoisotopic (exact) mass is 353 g/mol. The summed E-state index contributed by atoms with van der Waals surface area (Å²) < 4.78 is 7.56. The van der Waals surface area contributed by atoms with Crippen molar-refractivity contribution in [3.63, 3.8) is 0 Å². The third-order valence-electron chi connectivity index (χ3n) is 2.55. The van der Waals surface area contributed by atoms with E-state index in [4.69, 9.17) is 44.6 Å². The summed E-state index contributed by atoms with van der Waals surface area (Å²) in [4.78, 5) is 11.4. The van der Waals surface area contributed by atoms with Gasteiger partial charge in [-0.05, 0) is 0 Å². The summed E-state index contributed by atoms with van der Waals surface area (Å²) in [6.45, 7) is -1.16. The third-order valence-corrected chi connectivity index (χ3v) is 2.88. The molecular formula is C9H14Cl3NO7. The molecule has 1 saturated heterocycles. The highest BCUT2D eigenvalue weighted by Gasteiger charge is 2.44. The van der Waals surface area contributed by atoms with E-state index in [2.05, 4.69) is 10.1 Å². The number of ether oxygens (including phenoxy) is 2. The largest absolute Gasteiger partial charge is 0.445 e. The molecule has 5 atom stereocenters. The molecular weight excluding hydrogens is 340 g/mol. The van der Waals surface area contributed by atoms with Gasteiger partial charge in [0.2, 0.25) is 3.79 Å². The normalized spacial score (nSPS) is 34.6. The minimum Gasteiger partial charge on any atom is -0.445 e. The fraction of sp³-hybridized carbons (Fsp3) is 0.889. The van der Waals surface area contributed by atoms with Crippen molar-refractivity contribution < 1.29 is 34.7 Å². The zero-order chi connectivity index (χ0) is 15.5. The van der Waals surface area contributed by atoms with Gasteiger partial charge in [0, 0.05) is 0 Å². The van der Waals surface area contributed by atoms with Gasteiger partial charge in [0.15, 0.2) is 6.29 Å². The second-order valence-electron chi connectivity index (χ2n) is 4.09. The van der Waals surface area contributed by atoms with Gasteiger partial charge in [-0.1, -0.05) is 34.8 Å². The van der Waals surface area contributed by atoms with Crippen LogP contribution in [-0.4, -0.2) is 74.2 Å². The van der Waals surface area contributed by atoms with Gasteiger partial charge in [0.25, 0.3) is 0 Å². The Morgan fingerprint density at radius 2 is 1.85 bits per heavy atom. The molecule has 118 valence electrons. The first-order chi connectivity index (χ1) is 9.15. The SMILES string of the molecule is O=C(N[C@H]1C(O)O[C@H](CO)[C@H](O)[C@@H]1O)OCC(Cl)(Cl)Cl. The first kappa shape index (κ1) is 18.0. The molecule has 0 radical (unpaired) electrons. The molecule has 1 aliphatic heterocycles. The van der Waals surface area contributed by atoms with E-state index >= 15 is 0 Å². The molecule has 1 rings (SSSR count). The van der Waals surface area contributed by atoms with Gasteiger partial charge in [-0.2, -0.15) is 0 Å². The van der Waals surface area contributed by atoms with Crippen LogP contribution < -0.4 is 5.32 Å². The van der Waals surface area contributed by atoms with Crippen LogP contribution in [0.15, 0.2) is 0 Å². The molecule has 5 N–H and O–H groups in total. The van der Waals surface area contributed by atoms with E-state index in [0.29, 0.717) is 0 Å². The number of halogens is 3. The Morgan fingerprint density at radius 3 is 2.35 bits per heavy atom. The maximum atomic E-state index is 11.4. The fourth-order valence-electron chi connectivity index (χ4n) is 1.58. The van der Waals surface area contributed by atoms with Gasteiger partial charge in [-0.3, -0.25) is 0 Å². The van der Waals surface area contributed by atoms with Gasteiger partial charge in [-0.15, -0.1) is 0 Å². The minimum atomic E-state index is -1.81. The fourth-order valence-corrected chi connectivity index (χ4v) is 1.74. The summed E-state index contributed by atoms with van der Waals surface area (Å²) in [5.74, 6) is 0. The molecule has 1 aliphatic rings. The maximum Gasteiger partial charge on any atom is 0.407 e. The first-order valence-corrected chi connectivity index (χ1v) is 6.59. The van der Waals surface area contributed by atoms with Gasteiger partial charge in [0.1, 0.15) is 31.0 Å². The quantitative estimate of drug-likeness (QED) is 0.406. The summed E-state index contributed by atoms with van der Waals surface area (Å²) in [6.07, 6.45) is -6.98. The number of alkyl carbamates (subject to hydrolysis) is 1. The second-order valence-corrected chi connectivity index (χ2v) is 6.61. The average Bonchev–Trinajstić information content (AvgIpc) is 2.35. The number of alkyl halides is 3. The van der Waals surface area contributed by atoms with Crippen molar-refractivity contribution in [3.8, 4) is 0 Å². The number of aliphatic hydroxyl groups is 4. The number of aliphatic hydroxyl groups excluding tert-OH is 4. The van der Waals surface area contributed by atoms with Gasteiger partial charge in [0.05, 0.1) is 6.61 Å². The number of amides is 1. The van der Waals surface area contributed by atoms with Crippen molar-refractivity contribution in [2.24, 2.45) is 0 Å². The molecule has 1 fully saturated rings. The van der Waals surface area contributed by atoms with Crippen LogP contribution in [0.25, 0.3) is 0 Å². The molecule has 0 aromatic heterocycles. The van der Waals surface area contributed by atoms with E-state index in [0.717, 1.165) is 0 Å². The summed E-state index contributed by atoms with van der Waals surface area (Å²) in [5, 5.41) is 39.9. The Labute approximate surface area is 129 Å². The Bertz CT molecular complexity index is 340. The Morgan fingerprint density at radius 1 is 1.25 bits per heavy atom. The van der Waals surface area contributed by atoms with E-state index in [1.807, 2.05) is 0 Å². The van der Waals surface area contributed by atoms with E-state index in [-0.39, 0.29) is 0 Å². The van der Waals surface area contributed by atoms with Crippen LogP contribution in [0.5, 0.6) is 0 Å². The molecule has 0 saturated carbocycles. The number of hydrogen-bond acceptors (Lipinski definition) is 7. The molecule has 20 heavy (non-hydrogen) atoms. The van der Waals surface area contributed by atoms with Crippen molar-refractivity contribution in [2.75, 3.05) is 13.2 Å². The van der Waals surface area contributed by atoms with Crippen LogP contribution in [0, 0.1) is 0 Å². The first-order valence-electron chi connectivity index (χ1n) is 5.46. The predicted molar refractivity (Wildman–Crippen MR) is 68.5 cm³/mol. The zero-order valence-electron chi connectivity index (χ0n) is 9.95. The lowest BCUT2D eigenvalue weighted by Gasteiger charge is -2.40. The molecule has 0 aromatic rings. The van der Waals surface area contributed by atoms with E-state index in [1.165, 1.54) is 0 Å². The van der Waals surface area contributed by atoms with E-state index in [9.17, 15) is 20.1 Å². The number of carbonyl (C=O) groups is 1. The van der Waals surface area contributed by atoms with Crippen molar-refractivity contribution in [1.82, 2.24) is 5.32 Å². The Hall–Kier alpha value is -0.0600. The molecule has 11 heteroatoms. The Kier molecular flexibility index (Phi) is 6.55. The summed E-state index contributed by atoms with van der Waals surface area (Å²) >= 11 is 16.1. The van der Waals surface area contributed by atoms with Crippen LogP contribution in [0.4, 0.5) is 4.79 Å². The highest BCUT2D eigenvalue weighted by molar-refractivity contribution is 6.67. The lowest BCUT2D eigenvalue weighted by atomic mass is 9.97. The highest BCUT2D eigenvalue weighted by atomic mass is 35.6. The second kappa shape index (κ2) is 7.28. The van der Waals surface area contributed by atoms with E-state index < -0.39 is 53.7 Å². The van der Waals surface area contributed by atoms with Crippen molar-refractivity contribution in [2.45, 2.75) is 34.4 Å². The molecule has 1 unspecified atom stereocenters. The summed E-state index contributed by atoms with van der Waals surface area (Å²) in [7, 11) is 0. The van der Waals surface area contributed by atoms with Crippen molar-refractivity contribution in [1.29, 1.82) is 0 Å². The maximum absolute atomic E-state index is 11.4. The standard InChI is InChI=1S/C9H14Cl3NO7/c10-9(11,12)2-19-8(18)13-4-6(16)5(15)3(1-14)20-7(4)17/h3-7,14-17H,1-2H2,(H,13,18)/t3-,4-,5+,6-,7?/m1/s1. The van der Waals surface area contributed by atoms with Gasteiger partial charge >= 0.3 is 6.09 Å². The molecule has 1 heterocycles. The van der Waals surface area contributed by atoms with Crippen LogP contribution in [-0.2, 0) is 9.47 Å². The average molecular weight is 355 g/mol. The highest BCUT2D eigenvalue weighted by Crippen LogP contribution is 2.26. The van der Waals surface area contributed by atoms with E-state index in [1.54, 1.807) is 0 Å². The van der Waals surface area contributed by atoms with Gasteiger partial charge < -0.3 is 35.2 Å². The molecule has 8 nitrogen and oxygen atoms in total. The number of rotatable bonds is 3. The molecule has 0 aromatic carbocycles. The summed E-state index contributed by atoms with van der Waals surface area (Å²) in [6, 6.07) is -1.37. The predicted octanol–water partition coefficient (Wildman–Crippen LogP) is -1.12. The van der Waals surface area contributed by atoms with Crippen molar-refractivity contribution >= 4 is 40.9 Å². The zero-order valence-corrected chi connectivity index (χ0v) is 12.2. The smallest absolute Gasteiger partial charge is 0.407 e. The summed E-state index contributed by atoms with van der Waals surface area (Å²) in [5.41, 5.74) is 0. The Balaban J connectivity index is 2.56. The van der Waals surface area contributed by atoms with Gasteiger partial charge in [-0.25, -0.2) is 4.79 Å². The number of nitrogens with one attached hydrogen (secondary N) is 1. The lowest BCUT2D eigenvalue weighted by molar-refractivity contribution is -0.253. The molecule has 1 amide bonds. The van der Waals surface area contributed by atoms with Crippen LogP contribution in [0.2, 0.25) is 0 Å². The minimum absolute atomic E-state index is 0.551. The van der Waals surface area contributed by atoms with Crippen LogP contribution in [0.3, 0.4) is 0 Å². The van der Waals surface area contributed by atoms with Crippen LogP contribution >= 0.6 is 34.8 Å². The molecule has 0 aliphatic carbocycles. The third kappa shape index (κ3) is 5.05. The topological polar surface area (TPSA) is 128 Å².